The van der Waals surface area contributed by atoms with E-state index in [1.165, 1.54) is 0 Å². The second-order valence-electron chi connectivity index (χ2n) is 6.50. The molecule has 0 radical (unpaired) electrons. The molecule has 130 valence electrons. The molecule has 2 heterocycles. The van der Waals surface area contributed by atoms with Crippen molar-refractivity contribution in [3.05, 3.63) is 53.0 Å². The van der Waals surface area contributed by atoms with Crippen LogP contribution >= 0.6 is 0 Å². The summed E-state index contributed by atoms with van der Waals surface area (Å²) in [6, 6.07) is 7.96. The van der Waals surface area contributed by atoms with E-state index in [2.05, 4.69) is 49.9 Å². The van der Waals surface area contributed by atoms with Crippen LogP contribution in [0.4, 0.5) is 0 Å². The fraction of sp³-hybridized carbons (Fsp3) is 0.350. The SMILES string of the molecule is CCOC(=O)c1cc(C(C)C)n2ncc(-c3c(C)cccc3C)c2n1. The van der Waals surface area contributed by atoms with Crippen molar-refractivity contribution in [2.75, 3.05) is 6.61 Å². The Kier molecular flexibility index (Phi) is 4.57. The quantitative estimate of drug-likeness (QED) is 0.666. The lowest BCUT2D eigenvalue weighted by Crippen LogP contribution is -2.12. The van der Waals surface area contributed by atoms with Crippen molar-refractivity contribution in [1.82, 2.24) is 14.6 Å². The molecule has 5 heteroatoms. The summed E-state index contributed by atoms with van der Waals surface area (Å²) in [5.41, 5.74) is 6.31. The van der Waals surface area contributed by atoms with Gasteiger partial charge in [-0.05, 0) is 49.4 Å². The molecule has 0 saturated heterocycles. The van der Waals surface area contributed by atoms with Crippen LogP contribution in [-0.4, -0.2) is 27.2 Å². The van der Waals surface area contributed by atoms with Crippen LogP contribution in [0.1, 0.15) is 54.0 Å². The lowest BCUT2D eigenvalue weighted by Gasteiger charge is -2.12. The van der Waals surface area contributed by atoms with Gasteiger partial charge in [0.25, 0.3) is 0 Å². The number of aryl methyl sites for hydroxylation is 2. The summed E-state index contributed by atoms with van der Waals surface area (Å²) >= 11 is 0. The van der Waals surface area contributed by atoms with Crippen LogP contribution in [-0.2, 0) is 4.74 Å². The first-order valence-corrected chi connectivity index (χ1v) is 8.56. The molecule has 0 bridgehead atoms. The van der Waals surface area contributed by atoms with Gasteiger partial charge in [-0.1, -0.05) is 32.0 Å². The molecule has 0 aliphatic rings. The third-order valence-electron chi connectivity index (χ3n) is 4.33. The predicted octanol–water partition coefficient (Wildman–Crippen LogP) is 4.31. The van der Waals surface area contributed by atoms with E-state index in [0.717, 1.165) is 27.9 Å². The van der Waals surface area contributed by atoms with Crippen molar-refractivity contribution in [2.45, 2.75) is 40.5 Å². The smallest absolute Gasteiger partial charge is 0.357 e. The third-order valence-corrected chi connectivity index (χ3v) is 4.33. The number of esters is 1. The summed E-state index contributed by atoms with van der Waals surface area (Å²) in [5, 5.41) is 4.55. The molecule has 0 atom stereocenters. The zero-order chi connectivity index (χ0) is 18.1. The summed E-state index contributed by atoms with van der Waals surface area (Å²) in [6.45, 7) is 10.4. The Balaban J connectivity index is 2.30. The highest BCUT2D eigenvalue weighted by Crippen LogP contribution is 2.31. The van der Waals surface area contributed by atoms with Crippen LogP contribution in [0.2, 0.25) is 0 Å². The zero-order valence-electron chi connectivity index (χ0n) is 15.3. The van der Waals surface area contributed by atoms with E-state index in [4.69, 9.17) is 4.74 Å². The van der Waals surface area contributed by atoms with E-state index in [9.17, 15) is 4.79 Å². The molecule has 3 aromatic rings. The Morgan fingerprint density at radius 3 is 2.52 bits per heavy atom. The van der Waals surface area contributed by atoms with Gasteiger partial charge >= 0.3 is 5.97 Å². The summed E-state index contributed by atoms with van der Waals surface area (Å²) in [7, 11) is 0. The van der Waals surface area contributed by atoms with E-state index in [1.807, 2.05) is 16.8 Å². The molecule has 0 N–H and O–H groups in total. The van der Waals surface area contributed by atoms with E-state index < -0.39 is 5.97 Å². The molecule has 3 rings (SSSR count). The molecule has 0 amide bonds. The monoisotopic (exact) mass is 337 g/mol. The number of nitrogens with zero attached hydrogens (tertiary/aromatic N) is 3. The highest BCUT2D eigenvalue weighted by molar-refractivity contribution is 5.90. The van der Waals surface area contributed by atoms with Crippen LogP contribution < -0.4 is 0 Å². The van der Waals surface area contributed by atoms with Crippen LogP contribution in [0.25, 0.3) is 16.8 Å². The average molecular weight is 337 g/mol. The number of fused-ring (bicyclic) bond motifs is 1. The minimum Gasteiger partial charge on any atom is -0.461 e. The Bertz CT molecular complexity index is 921. The minimum atomic E-state index is -0.402. The standard InChI is InChI=1S/C20H23N3O2/c1-6-25-20(24)16-10-17(12(2)3)23-19(22-16)15(11-21-23)18-13(4)8-7-9-14(18)5/h7-12H,6H2,1-5H3. The number of hydrogen-bond donors (Lipinski definition) is 0. The summed E-state index contributed by atoms with van der Waals surface area (Å²) in [5.74, 6) is -0.204. The summed E-state index contributed by atoms with van der Waals surface area (Å²) in [6.07, 6.45) is 1.83. The maximum Gasteiger partial charge on any atom is 0.357 e. The average Bonchev–Trinajstić information content (AvgIpc) is 2.97. The number of benzene rings is 1. The van der Waals surface area contributed by atoms with Crippen molar-refractivity contribution >= 4 is 11.6 Å². The highest BCUT2D eigenvalue weighted by Gasteiger charge is 2.20. The fourth-order valence-corrected chi connectivity index (χ4v) is 3.12. The second-order valence-corrected chi connectivity index (χ2v) is 6.50. The summed E-state index contributed by atoms with van der Waals surface area (Å²) < 4.78 is 6.98. The first-order chi connectivity index (χ1) is 11.9. The van der Waals surface area contributed by atoms with Gasteiger partial charge in [-0.2, -0.15) is 5.10 Å². The van der Waals surface area contributed by atoms with E-state index in [-0.39, 0.29) is 5.92 Å². The number of aromatic nitrogens is 3. The first kappa shape index (κ1) is 17.1. The van der Waals surface area contributed by atoms with Crippen molar-refractivity contribution in [2.24, 2.45) is 0 Å². The molecular weight excluding hydrogens is 314 g/mol. The molecule has 5 nitrogen and oxygen atoms in total. The highest BCUT2D eigenvalue weighted by atomic mass is 16.5. The van der Waals surface area contributed by atoms with Crippen LogP contribution in [0, 0.1) is 13.8 Å². The lowest BCUT2D eigenvalue weighted by atomic mass is 9.98. The third kappa shape index (κ3) is 3.02. The largest absolute Gasteiger partial charge is 0.461 e. The van der Waals surface area contributed by atoms with Gasteiger partial charge in [0.15, 0.2) is 11.3 Å². The Morgan fingerprint density at radius 2 is 1.92 bits per heavy atom. The molecule has 0 aliphatic carbocycles. The summed E-state index contributed by atoms with van der Waals surface area (Å²) in [4.78, 5) is 16.8. The normalized spacial score (nSPS) is 11.3. The Labute approximate surface area is 147 Å². The van der Waals surface area contributed by atoms with E-state index in [0.29, 0.717) is 17.9 Å². The molecule has 1 aromatic carbocycles. The number of hydrogen-bond acceptors (Lipinski definition) is 4. The van der Waals surface area contributed by atoms with Crippen LogP contribution in [0.3, 0.4) is 0 Å². The van der Waals surface area contributed by atoms with Crippen LogP contribution in [0.15, 0.2) is 30.5 Å². The van der Waals surface area contributed by atoms with Gasteiger partial charge in [0.2, 0.25) is 0 Å². The number of carbonyl (C=O) groups is 1. The molecule has 2 aromatic heterocycles. The van der Waals surface area contributed by atoms with Gasteiger partial charge in [0, 0.05) is 11.3 Å². The Morgan fingerprint density at radius 1 is 1.24 bits per heavy atom. The molecule has 0 unspecified atom stereocenters. The van der Waals surface area contributed by atoms with Gasteiger partial charge in [-0.3, -0.25) is 0 Å². The lowest BCUT2D eigenvalue weighted by molar-refractivity contribution is 0.0519. The van der Waals surface area contributed by atoms with Crippen molar-refractivity contribution in [3.63, 3.8) is 0 Å². The van der Waals surface area contributed by atoms with Crippen molar-refractivity contribution < 1.29 is 9.53 Å². The predicted molar refractivity (Wildman–Crippen MR) is 97.9 cm³/mol. The molecule has 0 saturated carbocycles. The zero-order valence-corrected chi connectivity index (χ0v) is 15.3. The molecule has 0 fully saturated rings. The number of carbonyl (C=O) groups excluding carboxylic acids is 1. The van der Waals surface area contributed by atoms with Gasteiger partial charge in [-0.15, -0.1) is 0 Å². The molecule has 25 heavy (non-hydrogen) atoms. The van der Waals surface area contributed by atoms with E-state index >= 15 is 0 Å². The maximum absolute atomic E-state index is 12.3. The van der Waals surface area contributed by atoms with Crippen molar-refractivity contribution in [1.29, 1.82) is 0 Å². The minimum absolute atomic E-state index is 0.199. The molecular formula is C20H23N3O2. The number of rotatable bonds is 4. The van der Waals surface area contributed by atoms with Gasteiger partial charge in [-0.25, -0.2) is 14.3 Å². The molecule has 0 spiro atoms. The van der Waals surface area contributed by atoms with Gasteiger partial charge < -0.3 is 4.74 Å². The van der Waals surface area contributed by atoms with Crippen molar-refractivity contribution in [3.8, 4) is 11.1 Å². The molecule has 0 aliphatic heterocycles. The maximum atomic E-state index is 12.3. The topological polar surface area (TPSA) is 56.5 Å². The fourth-order valence-electron chi connectivity index (χ4n) is 3.12. The second kappa shape index (κ2) is 6.67. The van der Waals surface area contributed by atoms with Gasteiger partial charge in [0.1, 0.15) is 0 Å². The van der Waals surface area contributed by atoms with Gasteiger partial charge in [0.05, 0.1) is 12.8 Å². The Hall–Kier alpha value is -2.69. The number of ether oxygens (including phenoxy) is 1. The first-order valence-electron chi connectivity index (χ1n) is 8.56. The van der Waals surface area contributed by atoms with Crippen LogP contribution in [0.5, 0.6) is 0 Å². The van der Waals surface area contributed by atoms with E-state index in [1.54, 1.807) is 13.0 Å².